The van der Waals surface area contributed by atoms with Crippen LogP contribution in [0.15, 0.2) is 24.3 Å². The molecule has 0 spiro atoms. The number of carboxylic acid groups (broad SMARTS) is 1. The molecule has 0 aliphatic rings. The van der Waals surface area contributed by atoms with Crippen molar-refractivity contribution in [2.24, 2.45) is 0 Å². The van der Waals surface area contributed by atoms with Crippen LogP contribution in [0.3, 0.4) is 0 Å². The van der Waals surface area contributed by atoms with E-state index in [0.29, 0.717) is 5.56 Å². The Kier molecular flexibility index (Phi) is 5.91. The van der Waals surface area contributed by atoms with Gasteiger partial charge in [0.25, 0.3) is 5.91 Å². The van der Waals surface area contributed by atoms with Crippen LogP contribution in [0.25, 0.3) is 0 Å². The minimum Gasteiger partial charge on any atom is -0.481 e. The van der Waals surface area contributed by atoms with Crippen molar-refractivity contribution in [2.75, 3.05) is 6.54 Å². The summed E-state index contributed by atoms with van der Waals surface area (Å²) in [5.74, 6) is -1.12. The number of rotatable bonds is 7. The first-order valence-corrected chi connectivity index (χ1v) is 6.22. The van der Waals surface area contributed by atoms with Crippen LogP contribution in [-0.2, 0) is 11.2 Å². The first kappa shape index (κ1) is 14.2. The van der Waals surface area contributed by atoms with Gasteiger partial charge in [0.15, 0.2) is 0 Å². The van der Waals surface area contributed by atoms with Crippen LogP contribution in [0.2, 0.25) is 0 Å². The maximum Gasteiger partial charge on any atom is 0.305 e. The van der Waals surface area contributed by atoms with Crippen molar-refractivity contribution in [3.05, 3.63) is 35.4 Å². The number of nitrogens with one attached hydrogen (secondary N) is 1. The number of carbonyl (C=O) groups excluding carboxylic acids is 1. The molecule has 0 fully saturated rings. The molecule has 2 N–H and O–H groups in total. The minimum absolute atomic E-state index is 0.0543. The highest BCUT2D eigenvalue weighted by molar-refractivity contribution is 5.94. The maximum absolute atomic E-state index is 11.7. The lowest BCUT2D eigenvalue weighted by Crippen LogP contribution is -2.26. The van der Waals surface area contributed by atoms with Crippen molar-refractivity contribution in [2.45, 2.75) is 32.6 Å². The fourth-order valence-electron chi connectivity index (χ4n) is 1.63. The normalized spacial score (nSPS) is 10.1. The zero-order valence-corrected chi connectivity index (χ0v) is 10.6. The molecule has 1 amide bonds. The number of benzene rings is 1. The molecule has 1 rings (SSSR count). The zero-order valence-electron chi connectivity index (χ0n) is 10.6. The van der Waals surface area contributed by atoms with Gasteiger partial charge in [-0.15, -0.1) is 0 Å². The summed E-state index contributed by atoms with van der Waals surface area (Å²) in [7, 11) is 0. The van der Waals surface area contributed by atoms with Crippen LogP contribution >= 0.6 is 0 Å². The summed E-state index contributed by atoms with van der Waals surface area (Å²) in [4.78, 5) is 22.1. The SMILES string of the molecule is CCCCc1cccc(C(=O)NCCC(=O)O)c1. The average Bonchev–Trinajstić information content (AvgIpc) is 2.36. The summed E-state index contributed by atoms with van der Waals surface area (Å²) >= 11 is 0. The second kappa shape index (κ2) is 7.48. The van der Waals surface area contributed by atoms with Crippen molar-refractivity contribution in [1.82, 2.24) is 5.32 Å². The number of carboxylic acids is 1. The molecule has 1 aromatic rings. The molecule has 4 heteroatoms. The van der Waals surface area contributed by atoms with E-state index in [9.17, 15) is 9.59 Å². The van der Waals surface area contributed by atoms with Crippen molar-refractivity contribution in [3.63, 3.8) is 0 Å². The van der Waals surface area contributed by atoms with E-state index in [0.717, 1.165) is 24.8 Å². The Balaban J connectivity index is 2.54. The fourth-order valence-corrected chi connectivity index (χ4v) is 1.63. The molecule has 0 heterocycles. The summed E-state index contributed by atoms with van der Waals surface area (Å²) in [5.41, 5.74) is 1.73. The Morgan fingerprint density at radius 3 is 2.78 bits per heavy atom. The third-order valence-electron chi connectivity index (χ3n) is 2.63. The highest BCUT2D eigenvalue weighted by atomic mass is 16.4. The molecule has 98 valence electrons. The van der Waals surface area contributed by atoms with Crippen LogP contribution < -0.4 is 5.32 Å². The Labute approximate surface area is 107 Å². The highest BCUT2D eigenvalue weighted by Crippen LogP contribution is 2.08. The van der Waals surface area contributed by atoms with E-state index in [-0.39, 0.29) is 18.9 Å². The molecular weight excluding hydrogens is 230 g/mol. The van der Waals surface area contributed by atoms with E-state index in [4.69, 9.17) is 5.11 Å². The molecular formula is C14H19NO3. The number of hydrogen-bond acceptors (Lipinski definition) is 2. The minimum atomic E-state index is -0.910. The molecule has 0 unspecified atom stereocenters. The predicted octanol–water partition coefficient (Wildman–Crippen LogP) is 2.23. The summed E-state index contributed by atoms with van der Waals surface area (Å²) in [6.45, 7) is 2.29. The van der Waals surface area contributed by atoms with Crippen LogP contribution in [0, 0.1) is 0 Å². The number of unbranched alkanes of at least 4 members (excludes halogenated alkanes) is 1. The highest BCUT2D eigenvalue weighted by Gasteiger charge is 2.06. The third kappa shape index (κ3) is 4.99. The van der Waals surface area contributed by atoms with Crippen molar-refractivity contribution in [3.8, 4) is 0 Å². The second-order valence-corrected chi connectivity index (χ2v) is 4.20. The van der Waals surface area contributed by atoms with Gasteiger partial charge in [-0.25, -0.2) is 0 Å². The third-order valence-corrected chi connectivity index (χ3v) is 2.63. The summed E-state index contributed by atoms with van der Waals surface area (Å²) < 4.78 is 0. The van der Waals surface area contributed by atoms with Gasteiger partial charge in [0.1, 0.15) is 0 Å². The molecule has 0 atom stereocenters. The van der Waals surface area contributed by atoms with Crippen LogP contribution in [0.5, 0.6) is 0 Å². The van der Waals surface area contributed by atoms with Gasteiger partial charge < -0.3 is 10.4 Å². The first-order chi connectivity index (χ1) is 8.63. The number of carbonyl (C=O) groups is 2. The number of aryl methyl sites for hydroxylation is 1. The molecule has 1 aromatic carbocycles. The molecule has 0 aliphatic carbocycles. The van der Waals surface area contributed by atoms with E-state index in [2.05, 4.69) is 12.2 Å². The Morgan fingerprint density at radius 1 is 1.33 bits per heavy atom. The van der Waals surface area contributed by atoms with Crippen LogP contribution in [0.1, 0.15) is 42.1 Å². The lowest BCUT2D eigenvalue weighted by Gasteiger charge is -2.06. The molecule has 0 saturated heterocycles. The first-order valence-electron chi connectivity index (χ1n) is 6.22. The number of aliphatic carboxylic acids is 1. The van der Waals surface area contributed by atoms with Gasteiger partial charge in [-0.2, -0.15) is 0 Å². The topological polar surface area (TPSA) is 66.4 Å². The van der Waals surface area contributed by atoms with Gasteiger partial charge in [-0.3, -0.25) is 9.59 Å². The predicted molar refractivity (Wildman–Crippen MR) is 69.6 cm³/mol. The molecule has 0 aliphatic heterocycles. The van der Waals surface area contributed by atoms with Gasteiger partial charge >= 0.3 is 5.97 Å². The van der Waals surface area contributed by atoms with E-state index >= 15 is 0 Å². The van der Waals surface area contributed by atoms with Crippen molar-refractivity contribution in [1.29, 1.82) is 0 Å². The molecule has 4 nitrogen and oxygen atoms in total. The summed E-state index contributed by atoms with van der Waals surface area (Å²) in [5, 5.41) is 11.1. The van der Waals surface area contributed by atoms with E-state index in [1.54, 1.807) is 6.07 Å². The zero-order chi connectivity index (χ0) is 13.4. The van der Waals surface area contributed by atoms with Gasteiger partial charge in [0.05, 0.1) is 6.42 Å². The van der Waals surface area contributed by atoms with Gasteiger partial charge in [-0.05, 0) is 30.5 Å². The Morgan fingerprint density at radius 2 is 2.11 bits per heavy atom. The summed E-state index contributed by atoms with van der Waals surface area (Å²) in [6.07, 6.45) is 3.13. The Bertz CT molecular complexity index is 415. The smallest absolute Gasteiger partial charge is 0.305 e. The van der Waals surface area contributed by atoms with Crippen molar-refractivity contribution < 1.29 is 14.7 Å². The molecule has 0 saturated carbocycles. The van der Waals surface area contributed by atoms with Gasteiger partial charge in [-0.1, -0.05) is 25.5 Å². The largest absolute Gasteiger partial charge is 0.481 e. The molecule has 18 heavy (non-hydrogen) atoms. The van der Waals surface area contributed by atoms with E-state index < -0.39 is 5.97 Å². The number of hydrogen-bond donors (Lipinski definition) is 2. The maximum atomic E-state index is 11.7. The molecule has 0 radical (unpaired) electrons. The molecule has 0 bridgehead atoms. The standard InChI is InChI=1S/C14H19NO3/c1-2-3-5-11-6-4-7-12(10-11)14(18)15-9-8-13(16)17/h4,6-7,10H,2-3,5,8-9H2,1H3,(H,15,18)(H,16,17). The van der Waals surface area contributed by atoms with Crippen LogP contribution in [-0.4, -0.2) is 23.5 Å². The lowest BCUT2D eigenvalue weighted by atomic mass is 10.1. The quantitative estimate of drug-likeness (QED) is 0.778. The van der Waals surface area contributed by atoms with Gasteiger partial charge in [0, 0.05) is 12.1 Å². The fraction of sp³-hybridized carbons (Fsp3) is 0.429. The Hall–Kier alpha value is -1.84. The van der Waals surface area contributed by atoms with Gasteiger partial charge in [0.2, 0.25) is 0 Å². The lowest BCUT2D eigenvalue weighted by molar-refractivity contribution is -0.136. The van der Waals surface area contributed by atoms with Crippen LogP contribution in [0.4, 0.5) is 0 Å². The summed E-state index contributed by atoms with van der Waals surface area (Å²) in [6, 6.07) is 7.47. The van der Waals surface area contributed by atoms with Crippen molar-refractivity contribution >= 4 is 11.9 Å². The second-order valence-electron chi connectivity index (χ2n) is 4.20. The molecule has 0 aromatic heterocycles. The van der Waals surface area contributed by atoms with E-state index in [1.807, 2.05) is 18.2 Å². The number of amides is 1. The average molecular weight is 249 g/mol. The van der Waals surface area contributed by atoms with E-state index in [1.165, 1.54) is 0 Å². The monoisotopic (exact) mass is 249 g/mol.